The van der Waals surface area contributed by atoms with E-state index in [4.69, 9.17) is 0 Å². The van der Waals surface area contributed by atoms with E-state index in [9.17, 15) is 18.4 Å². The Morgan fingerprint density at radius 3 is 2.07 bits per heavy atom. The summed E-state index contributed by atoms with van der Waals surface area (Å²) in [7, 11) is 0. The Morgan fingerprint density at radius 2 is 1.46 bits per heavy atom. The Labute approximate surface area is 162 Å². The molecule has 28 heavy (non-hydrogen) atoms. The van der Waals surface area contributed by atoms with Gasteiger partial charge in [0.25, 0.3) is 0 Å². The highest BCUT2D eigenvalue weighted by Gasteiger charge is 2.21. The molecule has 1 heterocycles. The third-order valence-corrected chi connectivity index (χ3v) is 4.47. The van der Waals surface area contributed by atoms with Crippen LogP contribution in [0.2, 0.25) is 0 Å². The fourth-order valence-electron chi connectivity index (χ4n) is 2.91. The van der Waals surface area contributed by atoms with Crippen LogP contribution in [0, 0.1) is 11.6 Å². The van der Waals surface area contributed by atoms with Gasteiger partial charge in [-0.15, -0.1) is 0 Å². The molecule has 146 valence electrons. The van der Waals surface area contributed by atoms with Crippen LogP contribution >= 0.6 is 0 Å². The van der Waals surface area contributed by atoms with Crippen LogP contribution in [-0.4, -0.2) is 54.3 Å². The van der Waals surface area contributed by atoms with Gasteiger partial charge in [0.05, 0.1) is 6.54 Å². The van der Waals surface area contributed by atoms with Crippen molar-refractivity contribution in [2.24, 2.45) is 0 Å². The largest absolute Gasteiger partial charge is 0.337 e. The average molecular weight is 385 g/mol. The molecule has 0 aliphatic carbocycles. The van der Waals surface area contributed by atoms with Crippen molar-refractivity contribution in [3.63, 3.8) is 0 Å². The van der Waals surface area contributed by atoms with Crippen molar-refractivity contribution in [3.05, 3.63) is 71.8 Å². The van der Waals surface area contributed by atoms with Crippen LogP contribution in [0.3, 0.4) is 0 Å². The van der Waals surface area contributed by atoms with E-state index in [-0.39, 0.29) is 30.0 Å². The molecule has 0 saturated carbocycles. The second-order valence-electron chi connectivity index (χ2n) is 6.54. The Kier molecular flexibility index (Phi) is 6.49. The van der Waals surface area contributed by atoms with Crippen molar-refractivity contribution in [2.45, 2.75) is 0 Å². The topological polar surface area (TPSA) is 52.7 Å². The van der Waals surface area contributed by atoms with E-state index >= 15 is 0 Å². The van der Waals surface area contributed by atoms with Crippen LogP contribution in [0.15, 0.2) is 54.6 Å². The van der Waals surface area contributed by atoms with Gasteiger partial charge in [-0.1, -0.05) is 12.1 Å². The highest BCUT2D eigenvalue weighted by molar-refractivity contribution is 5.93. The maximum absolute atomic E-state index is 12.9. The SMILES string of the molecule is O=C(CN1CCN(C(=O)/C=C/c2ccc(F)cc2)CC1)Nc1ccc(F)cc1. The summed E-state index contributed by atoms with van der Waals surface area (Å²) in [5.41, 5.74) is 1.30. The number of carbonyl (C=O) groups is 2. The number of halogens is 2. The molecule has 0 bridgehead atoms. The van der Waals surface area contributed by atoms with Gasteiger partial charge in [0.1, 0.15) is 11.6 Å². The van der Waals surface area contributed by atoms with E-state index in [0.29, 0.717) is 31.9 Å². The Bertz CT molecular complexity index is 843. The minimum absolute atomic E-state index is 0.111. The third-order valence-electron chi connectivity index (χ3n) is 4.47. The summed E-state index contributed by atoms with van der Waals surface area (Å²) in [6.45, 7) is 2.44. The lowest BCUT2D eigenvalue weighted by Gasteiger charge is -2.33. The minimum Gasteiger partial charge on any atom is -0.337 e. The van der Waals surface area contributed by atoms with Crippen molar-refractivity contribution in [1.82, 2.24) is 9.80 Å². The first kappa shape index (κ1) is 19.7. The lowest BCUT2D eigenvalue weighted by atomic mass is 10.2. The molecule has 1 aliphatic rings. The summed E-state index contributed by atoms with van der Waals surface area (Å²) >= 11 is 0. The van der Waals surface area contributed by atoms with Gasteiger partial charge in [-0.2, -0.15) is 0 Å². The summed E-state index contributed by atoms with van der Waals surface area (Å²) in [4.78, 5) is 28.1. The van der Waals surface area contributed by atoms with Gasteiger partial charge in [0, 0.05) is 37.9 Å². The summed E-state index contributed by atoms with van der Waals surface area (Å²) in [6.07, 6.45) is 3.13. The van der Waals surface area contributed by atoms with Crippen molar-refractivity contribution in [1.29, 1.82) is 0 Å². The van der Waals surface area contributed by atoms with E-state index in [0.717, 1.165) is 5.56 Å². The Morgan fingerprint density at radius 1 is 0.893 bits per heavy atom. The number of piperazine rings is 1. The minimum atomic E-state index is -0.354. The number of hydrogen-bond donors (Lipinski definition) is 1. The molecule has 5 nitrogen and oxygen atoms in total. The first-order valence-electron chi connectivity index (χ1n) is 9.00. The van der Waals surface area contributed by atoms with Gasteiger partial charge in [-0.05, 0) is 48.0 Å². The Balaban J connectivity index is 1.43. The lowest BCUT2D eigenvalue weighted by molar-refractivity contribution is -0.127. The van der Waals surface area contributed by atoms with Gasteiger partial charge in [0.15, 0.2) is 0 Å². The first-order valence-corrected chi connectivity index (χ1v) is 9.00. The first-order chi connectivity index (χ1) is 13.5. The van der Waals surface area contributed by atoms with E-state index in [1.165, 1.54) is 42.5 Å². The standard InChI is InChI=1S/C21H21F2N3O2/c22-17-4-1-16(2-5-17)3-10-21(28)26-13-11-25(12-14-26)15-20(27)24-19-8-6-18(23)7-9-19/h1-10H,11-15H2,(H,24,27)/b10-3+. The summed E-state index contributed by atoms with van der Waals surface area (Å²) < 4.78 is 25.8. The molecule has 0 spiro atoms. The van der Waals surface area contributed by atoms with E-state index in [1.807, 2.05) is 4.90 Å². The predicted octanol–water partition coefficient (Wildman–Crippen LogP) is 2.76. The number of benzene rings is 2. The van der Waals surface area contributed by atoms with Gasteiger partial charge in [0.2, 0.25) is 11.8 Å². The van der Waals surface area contributed by atoms with Crippen molar-refractivity contribution in [2.75, 3.05) is 38.0 Å². The second kappa shape index (κ2) is 9.23. The van der Waals surface area contributed by atoms with Gasteiger partial charge < -0.3 is 10.2 Å². The maximum atomic E-state index is 12.9. The fourth-order valence-corrected chi connectivity index (χ4v) is 2.91. The molecule has 2 aromatic rings. The van der Waals surface area contributed by atoms with Crippen LogP contribution in [-0.2, 0) is 9.59 Å². The number of hydrogen-bond acceptors (Lipinski definition) is 3. The third kappa shape index (κ3) is 5.72. The molecule has 0 aromatic heterocycles. The highest BCUT2D eigenvalue weighted by atomic mass is 19.1. The fraction of sp³-hybridized carbons (Fsp3) is 0.238. The smallest absolute Gasteiger partial charge is 0.246 e. The quantitative estimate of drug-likeness (QED) is 0.806. The molecular formula is C21H21F2N3O2. The summed E-state index contributed by atoms with van der Waals surface area (Å²) in [6, 6.07) is 11.5. The van der Waals surface area contributed by atoms with Gasteiger partial charge in [-0.3, -0.25) is 14.5 Å². The molecule has 1 aliphatic heterocycles. The second-order valence-corrected chi connectivity index (χ2v) is 6.54. The zero-order valence-electron chi connectivity index (χ0n) is 15.3. The molecule has 0 radical (unpaired) electrons. The molecule has 0 atom stereocenters. The highest BCUT2D eigenvalue weighted by Crippen LogP contribution is 2.10. The normalized spacial score (nSPS) is 15.0. The van der Waals surface area contributed by atoms with Crippen molar-refractivity contribution in [3.8, 4) is 0 Å². The number of amides is 2. The van der Waals surface area contributed by atoms with Crippen LogP contribution in [0.1, 0.15) is 5.56 Å². The van der Waals surface area contributed by atoms with Crippen LogP contribution in [0.25, 0.3) is 6.08 Å². The number of rotatable bonds is 5. The summed E-state index contributed by atoms with van der Waals surface area (Å²) in [5.74, 6) is -0.961. The van der Waals surface area contributed by atoms with Crippen molar-refractivity contribution >= 4 is 23.6 Å². The molecule has 7 heteroatoms. The molecular weight excluding hydrogens is 364 g/mol. The van der Waals surface area contributed by atoms with Crippen LogP contribution < -0.4 is 5.32 Å². The van der Waals surface area contributed by atoms with Gasteiger partial charge >= 0.3 is 0 Å². The van der Waals surface area contributed by atoms with E-state index in [1.54, 1.807) is 23.1 Å². The average Bonchev–Trinajstić information content (AvgIpc) is 2.69. The number of anilines is 1. The molecule has 2 amide bonds. The zero-order valence-corrected chi connectivity index (χ0v) is 15.3. The molecule has 1 fully saturated rings. The maximum Gasteiger partial charge on any atom is 0.246 e. The predicted molar refractivity (Wildman–Crippen MR) is 103 cm³/mol. The van der Waals surface area contributed by atoms with Gasteiger partial charge in [-0.25, -0.2) is 8.78 Å². The molecule has 2 aromatic carbocycles. The van der Waals surface area contributed by atoms with Crippen molar-refractivity contribution < 1.29 is 18.4 Å². The zero-order chi connectivity index (χ0) is 19.9. The summed E-state index contributed by atoms with van der Waals surface area (Å²) in [5, 5.41) is 2.73. The molecule has 1 saturated heterocycles. The van der Waals surface area contributed by atoms with E-state index in [2.05, 4.69) is 5.32 Å². The van der Waals surface area contributed by atoms with Crippen LogP contribution in [0.4, 0.5) is 14.5 Å². The number of carbonyl (C=O) groups excluding carboxylic acids is 2. The molecule has 1 N–H and O–H groups in total. The lowest BCUT2D eigenvalue weighted by Crippen LogP contribution is -2.50. The monoisotopic (exact) mass is 385 g/mol. The van der Waals surface area contributed by atoms with Crippen LogP contribution in [0.5, 0.6) is 0 Å². The molecule has 0 unspecified atom stereocenters. The molecule has 3 rings (SSSR count). The van der Waals surface area contributed by atoms with E-state index < -0.39 is 0 Å². The number of nitrogens with zero attached hydrogens (tertiary/aromatic N) is 2. The number of nitrogens with one attached hydrogen (secondary N) is 1. The Hall–Kier alpha value is -3.06.